The number of nitrogens with zero attached hydrogens (tertiary/aromatic N) is 4. The Morgan fingerprint density at radius 3 is 2.75 bits per heavy atom. The van der Waals surface area contributed by atoms with Crippen molar-refractivity contribution in [1.82, 2.24) is 24.6 Å². The topological polar surface area (TPSA) is 76.0 Å². The van der Waals surface area contributed by atoms with E-state index in [9.17, 15) is 4.79 Å². The zero-order valence-corrected chi connectivity index (χ0v) is 15.2. The molecule has 1 amide bonds. The van der Waals surface area contributed by atoms with Crippen molar-refractivity contribution in [1.29, 1.82) is 0 Å². The first-order valence-corrected chi connectivity index (χ1v) is 9.21. The third-order valence-corrected chi connectivity index (χ3v) is 4.90. The number of carbonyl (C=O) groups is 1. The second kappa shape index (κ2) is 6.84. The van der Waals surface area contributed by atoms with Crippen molar-refractivity contribution in [3.63, 3.8) is 0 Å². The number of likely N-dealkylation sites (tertiary alicyclic amines) is 1. The van der Waals surface area contributed by atoms with Crippen LogP contribution in [0.4, 0.5) is 0 Å². The zero-order chi connectivity index (χ0) is 18.9. The van der Waals surface area contributed by atoms with Crippen LogP contribution in [0.3, 0.4) is 0 Å². The number of imidazole rings is 1. The van der Waals surface area contributed by atoms with E-state index >= 15 is 0 Å². The molecule has 2 aromatic carbocycles. The van der Waals surface area contributed by atoms with Crippen LogP contribution >= 0.6 is 0 Å². The van der Waals surface area contributed by atoms with E-state index in [4.69, 9.17) is 4.74 Å². The van der Waals surface area contributed by atoms with Crippen LogP contribution in [0.5, 0.6) is 5.75 Å². The standard InChI is InChI=1S/C21H19N5O2/c27-21(25-12-17(13-25)28-16-6-2-1-3-7-16)19-10-15(23-24-19)11-26-14-22-18-8-4-5-9-20(18)26/h1-10,14,17H,11-13H2,(H,23,24). The summed E-state index contributed by atoms with van der Waals surface area (Å²) >= 11 is 0. The summed E-state index contributed by atoms with van der Waals surface area (Å²) in [6.45, 7) is 1.73. The molecule has 7 nitrogen and oxygen atoms in total. The first kappa shape index (κ1) is 16.6. The molecule has 0 spiro atoms. The second-order valence-corrected chi connectivity index (χ2v) is 6.90. The number of carbonyl (C=O) groups excluding carboxylic acids is 1. The molecular formula is C21H19N5O2. The fourth-order valence-corrected chi connectivity index (χ4v) is 3.40. The van der Waals surface area contributed by atoms with E-state index in [-0.39, 0.29) is 12.0 Å². The predicted octanol–water partition coefficient (Wildman–Crippen LogP) is 2.71. The Kier molecular flexibility index (Phi) is 4.05. The summed E-state index contributed by atoms with van der Waals surface area (Å²) < 4.78 is 7.88. The lowest BCUT2D eigenvalue weighted by Crippen LogP contribution is -2.56. The first-order chi connectivity index (χ1) is 13.8. The lowest BCUT2D eigenvalue weighted by atomic mass is 10.1. The van der Waals surface area contributed by atoms with Crippen LogP contribution in [0.25, 0.3) is 11.0 Å². The number of aromatic nitrogens is 4. The molecule has 140 valence electrons. The second-order valence-electron chi connectivity index (χ2n) is 6.90. The van der Waals surface area contributed by atoms with Gasteiger partial charge in [-0.25, -0.2) is 4.98 Å². The molecule has 3 heterocycles. The number of para-hydroxylation sites is 3. The van der Waals surface area contributed by atoms with Crippen molar-refractivity contribution in [2.24, 2.45) is 0 Å². The number of aromatic amines is 1. The highest BCUT2D eigenvalue weighted by molar-refractivity contribution is 5.93. The lowest BCUT2D eigenvalue weighted by molar-refractivity contribution is 0.0173. The molecule has 1 N–H and O–H groups in total. The SMILES string of the molecule is O=C(c1cc(Cn2cnc3ccccc32)[nH]n1)N1CC(Oc2ccccc2)C1. The van der Waals surface area contributed by atoms with Gasteiger partial charge in [0.25, 0.3) is 5.91 Å². The number of amides is 1. The summed E-state index contributed by atoms with van der Waals surface area (Å²) in [4.78, 5) is 18.8. The molecule has 0 atom stereocenters. The number of benzene rings is 2. The monoisotopic (exact) mass is 373 g/mol. The predicted molar refractivity (Wildman–Crippen MR) is 104 cm³/mol. The van der Waals surface area contributed by atoms with E-state index in [2.05, 4.69) is 15.2 Å². The maximum absolute atomic E-state index is 12.6. The number of H-pyrrole nitrogens is 1. The van der Waals surface area contributed by atoms with Crippen molar-refractivity contribution in [2.45, 2.75) is 12.6 Å². The van der Waals surface area contributed by atoms with E-state index < -0.39 is 0 Å². The van der Waals surface area contributed by atoms with Gasteiger partial charge in [0.15, 0.2) is 0 Å². The third kappa shape index (κ3) is 3.11. The van der Waals surface area contributed by atoms with Crippen LogP contribution in [0.15, 0.2) is 67.0 Å². The van der Waals surface area contributed by atoms with Crippen molar-refractivity contribution in [3.8, 4) is 5.75 Å². The van der Waals surface area contributed by atoms with Crippen LogP contribution in [0.2, 0.25) is 0 Å². The van der Waals surface area contributed by atoms with Gasteiger partial charge in [-0.2, -0.15) is 5.10 Å². The molecule has 5 rings (SSSR count). The Morgan fingerprint density at radius 1 is 1.11 bits per heavy atom. The van der Waals surface area contributed by atoms with Gasteiger partial charge in [-0.15, -0.1) is 0 Å². The highest BCUT2D eigenvalue weighted by Gasteiger charge is 2.33. The maximum atomic E-state index is 12.6. The van der Waals surface area contributed by atoms with Crippen molar-refractivity contribution >= 4 is 16.9 Å². The minimum atomic E-state index is -0.0779. The molecule has 28 heavy (non-hydrogen) atoms. The van der Waals surface area contributed by atoms with Crippen molar-refractivity contribution < 1.29 is 9.53 Å². The maximum Gasteiger partial charge on any atom is 0.274 e. The Hall–Kier alpha value is -3.61. The van der Waals surface area contributed by atoms with Crippen LogP contribution in [0, 0.1) is 0 Å². The van der Waals surface area contributed by atoms with Gasteiger partial charge < -0.3 is 14.2 Å². The average molecular weight is 373 g/mol. The van der Waals surface area contributed by atoms with Crippen molar-refractivity contribution in [3.05, 3.63) is 78.4 Å². The van der Waals surface area contributed by atoms with Crippen LogP contribution in [-0.2, 0) is 6.54 Å². The van der Waals surface area contributed by atoms with Gasteiger partial charge >= 0.3 is 0 Å². The molecule has 1 saturated heterocycles. The van der Waals surface area contributed by atoms with Gasteiger partial charge in [-0.3, -0.25) is 9.89 Å². The lowest BCUT2D eigenvalue weighted by Gasteiger charge is -2.38. The largest absolute Gasteiger partial charge is 0.487 e. The van der Waals surface area contributed by atoms with E-state index in [0.717, 1.165) is 22.5 Å². The molecule has 0 radical (unpaired) electrons. The number of rotatable bonds is 5. The van der Waals surface area contributed by atoms with Gasteiger partial charge in [0.1, 0.15) is 17.5 Å². The summed E-state index contributed by atoms with van der Waals surface area (Å²) in [5, 5.41) is 7.16. The fourth-order valence-electron chi connectivity index (χ4n) is 3.40. The van der Waals surface area contributed by atoms with E-state index in [1.165, 1.54) is 0 Å². The molecule has 0 bridgehead atoms. The number of fused-ring (bicyclic) bond motifs is 1. The number of hydrogen-bond acceptors (Lipinski definition) is 4. The van der Waals surface area contributed by atoms with E-state index in [1.54, 1.807) is 11.2 Å². The normalized spacial score (nSPS) is 14.2. The Morgan fingerprint density at radius 2 is 1.89 bits per heavy atom. The number of ether oxygens (including phenoxy) is 1. The summed E-state index contributed by atoms with van der Waals surface area (Å²) in [6.07, 6.45) is 1.83. The van der Waals surface area contributed by atoms with Gasteiger partial charge in [0.2, 0.25) is 0 Å². The molecule has 1 fully saturated rings. The minimum Gasteiger partial charge on any atom is -0.487 e. The minimum absolute atomic E-state index is 0.0297. The Balaban J connectivity index is 1.21. The quantitative estimate of drug-likeness (QED) is 0.584. The van der Waals surface area contributed by atoms with Crippen molar-refractivity contribution in [2.75, 3.05) is 13.1 Å². The number of nitrogens with one attached hydrogen (secondary N) is 1. The molecule has 0 aliphatic carbocycles. The summed E-state index contributed by atoms with van der Waals surface area (Å²) in [7, 11) is 0. The van der Waals surface area contributed by atoms with E-state index in [0.29, 0.717) is 25.3 Å². The van der Waals surface area contributed by atoms with Gasteiger partial charge in [-0.05, 0) is 30.3 Å². The highest BCUT2D eigenvalue weighted by atomic mass is 16.5. The zero-order valence-electron chi connectivity index (χ0n) is 15.2. The first-order valence-electron chi connectivity index (χ1n) is 9.21. The van der Waals surface area contributed by atoms with Crippen LogP contribution in [-0.4, -0.2) is 49.7 Å². The number of hydrogen-bond donors (Lipinski definition) is 1. The van der Waals surface area contributed by atoms with E-state index in [1.807, 2.05) is 65.2 Å². The van der Waals surface area contributed by atoms with Crippen LogP contribution in [0.1, 0.15) is 16.2 Å². The van der Waals surface area contributed by atoms with Gasteiger partial charge in [0.05, 0.1) is 42.7 Å². The van der Waals surface area contributed by atoms with Crippen LogP contribution < -0.4 is 4.74 Å². The molecule has 7 heteroatoms. The summed E-state index contributed by atoms with van der Waals surface area (Å²) in [6, 6.07) is 19.4. The summed E-state index contributed by atoms with van der Waals surface area (Å²) in [5.41, 5.74) is 3.29. The third-order valence-electron chi connectivity index (χ3n) is 4.90. The fraction of sp³-hybridized carbons (Fsp3) is 0.190. The molecule has 4 aromatic rings. The molecule has 2 aromatic heterocycles. The molecule has 0 unspecified atom stereocenters. The molecule has 1 aliphatic heterocycles. The smallest absolute Gasteiger partial charge is 0.274 e. The molecular weight excluding hydrogens is 354 g/mol. The average Bonchev–Trinajstić information content (AvgIpc) is 3.33. The highest BCUT2D eigenvalue weighted by Crippen LogP contribution is 2.20. The van der Waals surface area contributed by atoms with Gasteiger partial charge in [-0.1, -0.05) is 30.3 Å². The molecule has 1 aliphatic rings. The van der Waals surface area contributed by atoms with Gasteiger partial charge in [0, 0.05) is 0 Å². The Bertz CT molecular complexity index is 1110. The Labute approximate surface area is 161 Å². The summed E-state index contributed by atoms with van der Waals surface area (Å²) in [5.74, 6) is 0.750. The molecule has 0 saturated carbocycles.